The Labute approximate surface area is 128 Å². The van der Waals surface area contributed by atoms with Gasteiger partial charge >= 0.3 is 0 Å². The van der Waals surface area contributed by atoms with Crippen molar-refractivity contribution in [2.24, 2.45) is 7.05 Å². The topological polar surface area (TPSA) is 33.1 Å². The first-order chi connectivity index (χ1) is 10.3. The van der Waals surface area contributed by atoms with Gasteiger partial charge in [0, 0.05) is 37.9 Å². The van der Waals surface area contributed by atoms with Crippen molar-refractivity contribution in [3.05, 3.63) is 18.0 Å². The van der Waals surface area contributed by atoms with Gasteiger partial charge in [-0.25, -0.2) is 0 Å². The zero-order valence-electron chi connectivity index (χ0n) is 13.6. The molecule has 2 bridgehead atoms. The third kappa shape index (κ3) is 3.67. The molecule has 2 aliphatic rings. The van der Waals surface area contributed by atoms with Gasteiger partial charge in [0.05, 0.1) is 6.20 Å². The summed E-state index contributed by atoms with van der Waals surface area (Å²) in [6.45, 7) is 4.65. The van der Waals surface area contributed by atoms with E-state index >= 15 is 0 Å². The number of hydrogen-bond acceptors (Lipinski definition) is 3. The number of hydrogen-bond donors (Lipinski definition) is 1. The van der Waals surface area contributed by atoms with Crippen molar-refractivity contribution in [1.29, 1.82) is 0 Å². The van der Waals surface area contributed by atoms with Gasteiger partial charge in [0.1, 0.15) is 0 Å². The molecule has 0 aliphatic carbocycles. The predicted octanol–water partition coefficient (Wildman–Crippen LogP) is 2.35. The van der Waals surface area contributed by atoms with Gasteiger partial charge in [0.25, 0.3) is 0 Å². The maximum atomic E-state index is 4.29. The number of nitrogens with zero attached hydrogens (tertiary/aromatic N) is 3. The zero-order chi connectivity index (χ0) is 14.7. The fraction of sp³-hybridized carbons (Fsp3) is 0.824. The third-order valence-electron chi connectivity index (χ3n) is 5.23. The van der Waals surface area contributed by atoms with E-state index in [0.717, 1.165) is 24.5 Å². The van der Waals surface area contributed by atoms with E-state index < -0.39 is 0 Å². The summed E-state index contributed by atoms with van der Waals surface area (Å²) in [5.41, 5.74) is 1.38. The molecule has 4 heteroatoms. The van der Waals surface area contributed by atoms with Gasteiger partial charge in [0.2, 0.25) is 0 Å². The quantitative estimate of drug-likeness (QED) is 0.873. The molecule has 0 spiro atoms. The normalized spacial score (nSPS) is 29.7. The summed E-state index contributed by atoms with van der Waals surface area (Å²) < 4.78 is 1.91. The molecule has 3 heterocycles. The van der Waals surface area contributed by atoms with Gasteiger partial charge in [-0.05, 0) is 50.6 Å². The van der Waals surface area contributed by atoms with E-state index in [9.17, 15) is 0 Å². The zero-order valence-corrected chi connectivity index (χ0v) is 13.6. The van der Waals surface area contributed by atoms with Crippen LogP contribution in [0.2, 0.25) is 0 Å². The molecule has 118 valence electrons. The molecule has 2 aliphatic heterocycles. The lowest BCUT2D eigenvalue weighted by atomic mass is 9.81. The summed E-state index contributed by atoms with van der Waals surface area (Å²) in [6, 6.07) is 2.38. The molecule has 3 rings (SSSR count). The Hall–Kier alpha value is -0.870. The summed E-state index contributed by atoms with van der Waals surface area (Å²) in [4.78, 5) is 2.81. The highest BCUT2D eigenvalue weighted by Crippen LogP contribution is 2.34. The van der Waals surface area contributed by atoms with Crippen LogP contribution in [0, 0.1) is 0 Å². The van der Waals surface area contributed by atoms with Gasteiger partial charge in [-0.2, -0.15) is 5.10 Å². The molecule has 0 radical (unpaired) electrons. The third-order valence-corrected chi connectivity index (χ3v) is 5.23. The van der Waals surface area contributed by atoms with Crippen LogP contribution in [-0.2, 0) is 13.5 Å². The minimum absolute atomic E-state index is 0.759. The molecule has 0 saturated carbocycles. The lowest BCUT2D eigenvalue weighted by Gasteiger charge is -2.49. The van der Waals surface area contributed by atoms with E-state index in [1.807, 2.05) is 17.9 Å². The van der Waals surface area contributed by atoms with Crippen molar-refractivity contribution in [2.75, 3.05) is 13.1 Å². The number of nitrogens with one attached hydrogen (secondary N) is 1. The van der Waals surface area contributed by atoms with Gasteiger partial charge in [-0.15, -0.1) is 0 Å². The fourth-order valence-corrected chi connectivity index (χ4v) is 4.22. The molecule has 4 nitrogen and oxygen atoms in total. The van der Waals surface area contributed by atoms with Gasteiger partial charge in [-0.1, -0.05) is 13.3 Å². The predicted molar refractivity (Wildman–Crippen MR) is 86.4 cm³/mol. The molecule has 1 aromatic heterocycles. The maximum absolute atomic E-state index is 4.29. The number of rotatable bonds is 6. The highest BCUT2D eigenvalue weighted by atomic mass is 15.2. The molecule has 2 atom stereocenters. The molecule has 2 saturated heterocycles. The van der Waals surface area contributed by atoms with Gasteiger partial charge in [-0.3, -0.25) is 9.58 Å². The summed E-state index contributed by atoms with van der Waals surface area (Å²) in [7, 11) is 2.00. The van der Waals surface area contributed by atoms with Gasteiger partial charge < -0.3 is 5.32 Å². The molecule has 1 aromatic rings. The minimum atomic E-state index is 0.759. The van der Waals surface area contributed by atoms with Crippen LogP contribution < -0.4 is 5.32 Å². The van der Waals surface area contributed by atoms with Crippen LogP contribution in [0.15, 0.2) is 12.4 Å². The van der Waals surface area contributed by atoms with E-state index in [2.05, 4.69) is 28.4 Å². The maximum Gasteiger partial charge on any atom is 0.0522 e. The van der Waals surface area contributed by atoms with Crippen molar-refractivity contribution in [3.8, 4) is 0 Å². The van der Waals surface area contributed by atoms with E-state index in [1.165, 1.54) is 57.2 Å². The second-order valence-electron chi connectivity index (χ2n) is 6.87. The first-order valence-corrected chi connectivity index (χ1v) is 8.73. The highest BCUT2D eigenvalue weighted by molar-refractivity contribution is 5.05. The minimum Gasteiger partial charge on any atom is -0.314 e. The van der Waals surface area contributed by atoms with Crippen molar-refractivity contribution >= 4 is 0 Å². The molecule has 0 amide bonds. The van der Waals surface area contributed by atoms with Crippen molar-refractivity contribution in [3.63, 3.8) is 0 Å². The Bertz CT molecular complexity index is 428. The lowest BCUT2D eigenvalue weighted by molar-refractivity contribution is 0.0257. The largest absolute Gasteiger partial charge is 0.314 e. The van der Waals surface area contributed by atoms with Crippen LogP contribution in [-0.4, -0.2) is 45.9 Å². The highest BCUT2D eigenvalue weighted by Gasteiger charge is 2.37. The Morgan fingerprint density at radius 1 is 1.29 bits per heavy atom. The summed E-state index contributed by atoms with van der Waals surface area (Å²) in [5.74, 6) is 0. The molecular weight excluding hydrogens is 260 g/mol. The van der Waals surface area contributed by atoms with Crippen LogP contribution in [0.5, 0.6) is 0 Å². The first kappa shape index (κ1) is 15.0. The molecule has 1 N–H and O–H groups in total. The summed E-state index contributed by atoms with van der Waals surface area (Å²) in [6.07, 6.45) is 13.5. The van der Waals surface area contributed by atoms with Gasteiger partial charge in [0.15, 0.2) is 0 Å². The standard InChI is InChI=1S/C17H30N4/c1-3-8-18-15-10-16-5-4-6-17(11-15)21(16)9-7-14-12-19-20(2)13-14/h12-13,15-18H,3-11H2,1-2H3. The second kappa shape index (κ2) is 6.93. The van der Waals surface area contributed by atoms with Crippen LogP contribution in [0.25, 0.3) is 0 Å². The van der Waals surface area contributed by atoms with E-state index in [-0.39, 0.29) is 0 Å². The van der Waals surface area contributed by atoms with E-state index in [1.54, 1.807) is 0 Å². The van der Waals surface area contributed by atoms with Crippen LogP contribution in [0.4, 0.5) is 0 Å². The van der Waals surface area contributed by atoms with Crippen LogP contribution in [0.1, 0.15) is 51.0 Å². The number of aryl methyl sites for hydroxylation is 1. The van der Waals surface area contributed by atoms with Crippen molar-refractivity contribution in [1.82, 2.24) is 20.0 Å². The summed E-state index contributed by atoms with van der Waals surface area (Å²) in [5, 5.41) is 8.04. The number of aromatic nitrogens is 2. The lowest BCUT2D eigenvalue weighted by Crippen LogP contribution is -2.56. The average molecular weight is 290 g/mol. The molecule has 2 unspecified atom stereocenters. The average Bonchev–Trinajstić information content (AvgIpc) is 2.88. The first-order valence-electron chi connectivity index (χ1n) is 8.73. The number of piperidine rings is 2. The number of fused-ring (bicyclic) bond motifs is 2. The molecule has 21 heavy (non-hydrogen) atoms. The monoisotopic (exact) mass is 290 g/mol. The van der Waals surface area contributed by atoms with E-state index in [4.69, 9.17) is 0 Å². The Kier molecular flexibility index (Phi) is 4.96. The van der Waals surface area contributed by atoms with Crippen molar-refractivity contribution < 1.29 is 0 Å². The molecule has 0 aromatic carbocycles. The van der Waals surface area contributed by atoms with Crippen molar-refractivity contribution in [2.45, 2.75) is 70.0 Å². The molecular formula is C17H30N4. The fourth-order valence-electron chi connectivity index (χ4n) is 4.22. The van der Waals surface area contributed by atoms with Crippen LogP contribution >= 0.6 is 0 Å². The van der Waals surface area contributed by atoms with E-state index in [0.29, 0.717) is 0 Å². The Balaban J connectivity index is 1.56. The SMILES string of the molecule is CCCNC1CC2CCCC(C1)N2CCc1cnn(C)c1. The van der Waals surface area contributed by atoms with Crippen LogP contribution in [0.3, 0.4) is 0 Å². The Morgan fingerprint density at radius 3 is 2.67 bits per heavy atom. The Morgan fingerprint density at radius 2 is 2.05 bits per heavy atom. The smallest absolute Gasteiger partial charge is 0.0522 e. The molecule has 2 fully saturated rings. The summed E-state index contributed by atoms with van der Waals surface area (Å²) >= 11 is 0. The second-order valence-corrected chi connectivity index (χ2v) is 6.87.